The van der Waals surface area contributed by atoms with Gasteiger partial charge in [0.05, 0.1) is 23.9 Å². The fourth-order valence-corrected chi connectivity index (χ4v) is 4.51. The van der Waals surface area contributed by atoms with Crippen molar-refractivity contribution in [2.75, 3.05) is 11.9 Å². The first-order valence-corrected chi connectivity index (χ1v) is 12.1. The molecule has 0 radical (unpaired) electrons. The number of aliphatic carboxylic acids is 1. The van der Waals surface area contributed by atoms with E-state index in [1.165, 1.54) is 4.90 Å². The largest absolute Gasteiger partial charge is 0.489 e. The van der Waals surface area contributed by atoms with E-state index in [-0.39, 0.29) is 30.5 Å². The number of carbonyl (C=O) groups excluding carboxylic acids is 1. The highest BCUT2D eigenvalue weighted by molar-refractivity contribution is 6.31. The van der Waals surface area contributed by atoms with Crippen molar-refractivity contribution in [1.82, 2.24) is 4.90 Å². The standard InChI is InChI=1S/C26H33ClN2O5/c1-17(2)34-24-10-6-5-9-22(24)28-21-13-11-18(12-14-23(21)30)26(33)29(16-25(31)32)15-19-7-3-4-8-20(19)27/h3-10,17-18,21,23,28,30H,11-16H2,1-2H3,(H,31,32)/t18-,21+,23+/m1/s1. The predicted octanol–water partition coefficient (Wildman–Crippen LogP) is 4.57. The van der Waals surface area contributed by atoms with Crippen molar-refractivity contribution in [3.05, 3.63) is 59.1 Å². The van der Waals surface area contributed by atoms with E-state index >= 15 is 0 Å². The maximum atomic E-state index is 13.3. The van der Waals surface area contributed by atoms with Crippen molar-refractivity contribution < 1.29 is 24.5 Å². The number of nitrogens with zero attached hydrogens (tertiary/aromatic N) is 1. The van der Waals surface area contributed by atoms with Crippen LogP contribution in [-0.2, 0) is 16.1 Å². The maximum absolute atomic E-state index is 13.3. The molecule has 1 fully saturated rings. The molecule has 3 atom stereocenters. The van der Waals surface area contributed by atoms with Crippen molar-refractivity contribution in [3.8, 4) is 5.75 Å². The number of anilines is 1. The molecule has 2 aromatic carbocycles. The van der Waals surface area contributed by atoms with Gasteiger partial charge in [-0.15, -0.1) is 0 Å². The molecule has 0 aromatic heterocycles. The second-order valence-electron chi connectivity index (χ2n) is 9.01. The highest BCUT2D eigenvalue weighted by Crippen LogP contribution is 2.31. The topological polar surface area (TPSA) is 99.1 Å². The second-order valence-corrected chi connectivity index (χ2v) is 9.42. The van der Waals surface area contributed by atoms with E-state index in [9.17, 15) is 19.8 Å². The average Bonchev–Trinajstić information content (AvgIpc) is 2.96. The molecule has 1 aliphatic carbocycles. The number of benzene rings is 2. The van der Waals surface area contributed by atoms with Gasteiger partial charge in [-0.05, 0) is 63.3 Å². The van der Waals surface area contributed by atoms with Crippen molar-refractivity contribution in [2.45, 2.75) is 64.3 Å². The summed E-state index contributed by atoms with van der Waals surface area (Å²) < 4.78 is 5.88. The van der Waals surface area contributed by atoms with Crippen LogP contribution in [0.15, 0.2) is 48.5 Å². The Morgan fingerprint density at radius 2 is 1.76 bits per heavy atom. The molecule has 2 aromatic rings. The fraction of sp³-hybridized carbons (Fsp3) is 0.462. The molecule has 0 heterocycles. The lowest BCUT2D eigenvalue weighted by atomic mass is 9.98. The van der Waals surface area contributed by atoms with Crippen LogP contribution in [0.4, 0.5) is 5.69 Å². The van der Waals surface area contributed by atoms with Gasteiger partial charge < -0.3 is 25.2 Å². The van der Waals surface area contributed by atoms with Crippen molar-refractivity contribution >= 4 is 29.2 Å². The van der Waals surface area contributed by atoms with E-state index in [0.29, 0.717) is 42.0 Å². The number of nitrogens with one attached hydrogen (secondary N) is 1. The molecule has 3 N–H and O–H groups in total. The normalized spacial score (nSPS) is 20.4. The molecule has 0 bridgehead atoms. The number of aliphatic hydroxyl groups is 1. The summed E-state index contributed by atoms with van der Waals surface area (Å²) in [6.07, 6.45) is 1.42. The molecule has 1 saturated carbocycles. The molecule has 0 unspecified atom stereocenters. The summed E-state index contributed by atoms with van der Waals surface area (Å²) >= 11 is 6.24. The molecular formula is C26H33ClN2O5. The summed E-state index contributed by atoms with van der Waals surface area (Å²) in [6, 6.07) is 14.5. The smallest absolute Gasteiger partial charge is 0.323 e. The van der Waals surface area contributed by atoms with Gasteiger partial charge in [-0.25, -0.2) is 0 Å². The van der Waals surface area contributed by atoms with Gasteiger partial charge in [0.2, 0.25) is 5.91 Å². The number of halogens is 1. The SMILES string of the molecule is CC(C)Oc1ccccc1N[C@H]1CC[C@@H](C(=O)N(CC(=O)O)Cc2ccccc2Cl)CC[C@@H]1O. The highest BCUT2D eigenvalue weighted by atomic mass is 35.5. The van der Waals surface area contributed by atoms with Crippen molar-refractivity contribution in [3.63, 3.8) is 0 Å². The Morgan fingerprint density at radius 1 is 1.09 bits per heavy atom. The van der Waals surface area contributed by atoms with Gasteiger partial charge in [-0.2, -0.15) is 0 Å². The number of hydrogen-bond acceptors (Lipinski definition) is 5. The Morgan fingerprint density at radius 3 is 2.47 bits per heavy atom. The number of carbonyl (C=O) groups is 2. The number of amides is 1. The van der Waals surface area contributed by atoms with Crippen LogP contribution in [0.3, 0.4) is 0 Å². The summed E-state index contributed by atoms with van der Waals surface area (Å²) in [7, 11) is 0. The van der Waals surface area contributed by atoms with Gasteiger partial charge in [0.25, 0.3) is 0 Å². The minimum atomic E-state index is -1.07. The molecule has 184 valence electrons. The van der Waals surface area contributed by atoms with Gasteiger partial charge in [-0.1, -0.05) is 41.9 Å². The van der Waals surface area contributed by atoms with E-state index in [0.717, 1.165) is 5.69 Å². The molecule has 3 rings (SSSR count). The Labute approximate surface area is 205 Å². The molecule has 1 amide bonds. The Hall–Kier alpha value is -2.77. The Bertz CT molecular complexity index is 983. The highest BCUT2D eigenvalue weighted by Gasteiger charge is 2.32. The number of para-hydroxylation sites is 2. The van der Waals surface area contributed by atoms with Crippen LogP contribution < -0.4 is 10.1 Å². The van der Waals surface area contributed by atoms with Crippen LogP contribution in [0.1, 0.15) is 45.1 Å². The summed E-state index contributed by atoms with van der Waals surface area (Å²) in [6.45, 7) is 3.65. The zero-order chi connectivity index (χ0) is 24.7. The van der Waals surface area contributed by atoms with E-state index in [2.05, 4.69) is 5.32 Å². The van der Waals surface area contributed by atoms with E-state index < -0.39 is 18.6 Å². The Balaban J connectivity index is 1.70. The second kappa shape index (κ2) is 12.1. The van der Waals surface area contributed by atoms with Gasteiger partial charge >= 0.3 is 5.97 Å². The third-order valence-corrected chi connectivity index (χ3v) is 6.37. The molecular weight excluding hydrogens is 456 g/mol. The molecule has 34 heavy (non-hydrogen) atoms. The fourth-order valence-electron chi connectivity index (χ4n) is 4.31. The molecule has 1 aliphatic rings. The minimum Gasteiger partial charge on any atom is -0.489 e. The van der Waals surface area contributed by atoms with Crippen molar-refractivity contribution in [1.29, 1.82) is 0 Å². The van der Waals surface area contributed by atoms with E-state index in [4.69, 9.17) is 16.3 Å². The minimum absolute atomic E-state index is 0.0161. The first-order chi connectivity index (χ1) is 16.2. The molecule has 0 aliphatic heterocycles. The quantitative estimate of drug-likeness (QED) is 0.447. The first-order valence-electron chi connectivity index (χ1n) is 11.7. The molecule has 0 saturated heterocycles. The zero-order valence-corrected chi connectivity index (χ0v) is 20.4. The number of carboxylic acid groups (broad SMARTS) is 1. The number of carboxylic acids is 1. The van der Waals surface area contributed by atoms with Crippen LogP contribution in [0.5, 0.6) is 5.75 Å². The molecule has 0 spiro atoms. The first kappa shape index (κ1) is 25.8. The third-order valence-electron chi connectivity index (χ3n) is 6.00. The lowest BCUT2D eigenvalue weighted by Crippen LogP contribution is -2.39. The number of rotatable bonds is 9. The van der Waals surface area contributed by atoms with Gasteiger partial charge in [0.15, 0.2) is 0 Å². The van der Waals surface area contributed by atoms with Crippen LogP contribution in [0, 0.1) is 5.92 Å². The van der Waals surface area contributed by atoms with Crippen molar-refractivity contribution in [2.24, 2.45) is 5.92 Å². The number of ether oxygens (including phenoxy) is 1. The summed E-state index contributed by atoms with van der Waals surface area (Å²) in [5.41, 5.74) is 1.50. The molecule has 8 heteroatoms. The van der Waals surface area contributed by atoms with Gasteiger partial charge in [0, 0.05) is 17.5 Å². The third kappa shape index (κ3) is 7.11. The maximum Gasteiger partial charge on any atom is 0.323 e. The molecule has 7 nitrogen and oxygen atoms in total. The number of aliphatic hydroxyl groups excluding tert-OH is 1. The summed E-state index contributed by atoms with van der Waals surface area (Å²) in [5, 5.41) is 24.1. The van der Waals surface area contributed by atoms with Gasteiger partial charge in [0.1, 0.15) is 12.3 Å². The van der Waals surface area contributed by atoms with Gasteiger partial charge in [-0.3, -0.25) is 9.59 Å². The predicted molar refractivity (Wildman–Crippen MR) is 132 cm³/mol. The lowest BCUT2D eigenvalue weighted by molar-refractivity contribution is -0.147. The monoisotopic (exact) mass is 488 g/mol. The van der Waals surface area contributed by atoms with E-state index in [1.807, 2.05) is 44.2 Å². The lowest BCUT2D eigenvalue weighted by Gasteiger charge is -2.26. The Kier molecular flexibility index (Phi) is 9.19. The van der Waals surface area contributed by atoms with Crippen LogP contribution in [0.2, 0.25) is 5.02 Å². The summed E-state index contributed by atoms with van der Waals surface area (Å²) in [5.74, 6) is -0.950. The van der Waals surface area contributed by atoms with Crippen LogP contribution in [0.25, 0.3) is 0 Å². The summed E-state index contributed by atoms with van der Waals surface area (Å²) in [4.78, 5) is 26.2. The van der Waals surface area contributed by atoms with Crippen LogP contribution >= 0.6 is 11.6 Å². The van der Waals surface area contributed by atoms with Crippen LogP contribution in [-0.4, -0.2) is 51.8 Å². The zero-order valence-electron chi connectivity index (χ0n) is 19.6. The number of hydrogen-bond donors (Lipinski definition) is 3. The average molecular weight is 489 g/mol. The van der Waals surface area contributed by atoms with E-state index in [1.54, 1.807) is 18.2 Å².